The average Bonchev–Trinajstić information content (AvgIpc) is 2.47. The Morgan fingerprint density at radius 3 is 2.86 bits per heavy atom. The van der Waals surface area contributed by atoms with Crippen molar-refractivity contribution >= 4 is 5.91 Å². The molecule has 0 bridgehead atoms. The van der Waals surface area contributed by atoms with Crippen LogP contribution in [0.4, 0.5) is 0 Å². The van der Waals surface area contributed by atoms with Crippen molar-refractivity contribution in [2.45, 2.75) is 38.8 Å². The van der Waals surface area contributed by atoms with Gasteiger partial charge in [0.25, 0.3) is 5.91 Å². The second-order valence-electron chi connectivity index (χ2n) is 5.46. The second-order valence-corrected chi connectivity index (χ2v) is 5.46. The van der Waals surface area contributed by atoms with Gasteiger partial charge in [0, 0.05) is 24.8 Å². The van der Waals surface area contributed by atoms with Gasteiger partial charge < -0.3 is 19.9 Å². The van der Waals surface area contributed by atoms with E-state index in [4.69, 9.17) is 9.47 Å². The molecule has 0 aromatic heterocycles. The zero-order valence-corrected chi connectivity index (χ0v) is 12.6. The van der Waals surface area contributed by atoms with E-state index in [0.29, 0.717) is 24.5 Å². The minimum atomic E-state index is -0.626. The number of benzene rings is 1. The van der Waals surface area contributed by atoms with Crippen LogP contribution in [-0.4, -0.2) is 36.9 Å². The van der Waals surface area contributed by atoms with Crippen LogP contribution < -0.4 is 10.1 Å². The molecule has 1 amide bonds. The lowest BCUT2D eigenvalue weighted by Gasteiger charge is -2.23. The fourth-order valence-corrected chi connectivity index (χ4v) is 2.38. The van der Waals surface area contributed by atoms with Crippen molar-refractivity contribution < 1.29 is 19.4 Å². The van der Waals surface area contributed by atoms with E-state index in [9.17, 15) is 9.90 Å². The van der Waals surface area contributed by atoms with Crippen molar-refractivity contribution in [3.05, 3.63) is 29.3 Å². The van der Waals surface area contributed by atoms with Gasteiger partial charge in [-0.3, -0.25) is 4.79 Å². The predicted molar refractivity (Wildman–Crippen MR) is 79.3 cm³/mol. The third-order valence-electron chi connectivity index (χ3n) is 3.56. The zero-order chi connectivity index (χ0) is 15.2. The molecular weight excluding hydrogens is 270 g/mol. The number of ether oxygens (including phenoxy) is 2. The summed E-state index contributed by atoms with van der Waals surface area (Å²) in [6.07, 6.45) is 1.06. The van der Waals surface area contributed by atoms with Gasteiger partial charge in [0.05, 0.1) is 6.10 Å². The fourth-order valence-electron chi connectivity index (χ4n) is 2.38. The standard InChI is InChI=1S/C16H23NO4/c1-11-3-4-15(14(9-11)12(2)18)21-10-16(19)17-13-5-7-20-8-6-13/h3-4,9,12-13,18H,5-8,10H2,1-2H3,(H,17,19)/t12-/m0/s1. The molecular formula is C16H23NO4. The number of carbonyl (C=O) groups excluding carboxylic acids is 1. The van der Waals surface area contributed by atoms with Gasteiger partial charge in [0.2, 0.25) is 0 Å². The van der Waals surface area contributed by atoms with Gasteiger partial charge in [0.1, 0.15) is 5.75 Å². The number of aryl methyl sites for hydroxylation is 1. The maximum absolute atomic E-state index is 11.9. The quantitative estimate of drug-likeness (QED) is 0.867. The van der Waals surface area contributed by atoms with Crippen molar-refractivity contribution in [2.75, 3.05) is 19.8 Å². The Hall–Kier alpha value is -1.59. The van der Waals surface area contributed by atoms with Crippen molar-refractivity contribution in [1.82, 2.24) is 5.32 Å². The molecule has 0 spiro atoms. The molecule has 0 radical (unpaired) electrons. The molecule has 1 aromatic carbocycles. The van der Waals surface area contributed by atoms with Crippen molar-refractivity contribution in [1.29, 1.82) is 0 Å². The maximum atomic E-state index is 11.9. The number of amides is 1. The molecule has 1 atom stereocenters. The fraction of sp³-hybridized carbons (Fsp3) is 0.562. The lowest BCUT2D eigenvalue weighted by atomic mass is 10.1. The number of hydrogen-bond donors (Lipinski definition) is 2. The van der Waals surface area contributed by atoms with Gasteiger partial charge in [-0.25, -0.2) is 0 Å². The van der Waals surface area contributed by atoms with E-state index in [1.54, 1.807) is 13.0 Å². The topological polar surface area (TPSA) is 67.8 Å². The van der Waals surface area contributed by atoms with Crippen LogP contribution >= 0.6 is 0 Å². The summed E-state index contributed by atoms with van der Waals surface area (Å²) in [6.45, 7) is 4.98. The first-order chi connectivity index (χ1) is 10.1. The molecule has 1 aromatic rings. The van der Waals surface area contributed by atoms with Crippen LogP contribution in [0.1, 0.15) is 37.0 Å². The first-order valence-corrected chi connectivity index (χ1v) is 7.35. The monoisotopic (exact) mass is 293 g/mol. The summed E-state index contributed by atoms with van der Waals surface area (Å²) >= 11 is 0. The summed E-state index contributed by atoms with van der Waals surface area (Å²) in [5, 5.41) is 12.7. The summed E-state index contributed by atoms with van der Waals surface area (Å²) in [5.41, 5.74) is 1.75. The zero-order valence-electron chi connectivity index (χ0n) is 12.6. The smallest absolute Gasteiger partial charge is 0.258 e. The minimum Gasteiger partial charge on any atom is -0.483 e. The largest absolute Gasteiger partial charge is 0.483 e. The van der Waals surface area contributed by atoms with Crippen LogP contribution in [0.3, 0.4) is 0 Å². The van der Waals surface area contributed by atoms with E-state index in [0.717, 1.165) is 18.4 Å². The van der Waals surface area contributed by atoms with Gasteiger partial charge in [-0.15, -0.1) is 0 Å². The number of hydrogen-bond acceptors (Lipinski definition) is 4. The number of aliphatic hydroxyl groups is 1. The number of nitrogens with one attached hydrogen (secondary N) is 1. The third-order valence-corrected chi connectivity index (χ3v) is 3.56. The van der Waals surface area contributed by atoms with Crippen molar-refractivity contribution in [3.63, 3.8) is 0 Å². The van der Waals surface area contributed by atoms with E-state index in [1.165, 1.54) is 0 Å². The summed E-state index contributed by atoms with van der Waals surface area (Å²) in [6, 6.07) is 5.73. The van der Waals surface area contributed by atoms with Crippen LogP contribution in [0.2, 0.25) is 0 Å². The molecule has 2 N–H and O–H groups in total. The highest BCUT2D eigenvalue weighted by Crippen LogP contribution is 2.26. The van der Waals surface area contributed by atoms with E-state index >= 15 is 0 Å². The molecule has 21 heavy (non-hydrogen) atoms. The Morgan fingerprint density at radius 1 is 1.48 bits per heavy atom. The second kappa shape index (κ2) is 7.43. The van der Waals surface area contributed by atoms with Gasteiger partial charge in [-0.1, -0.05) is 11.6 Å². The molecule has 1 fully saturated rings. The molecule has 0 saturated carbocycles. The van der Waals surface area contributed by atoms with Crippen LogP contribution in [0.15, 0.2) is 18.2 Å². The molecule has 116 valence electrons. The number of aliphatic hydroxyl groups excluding tert-OH is 1. The molecule has 5 heteroatoms. The Morgan fingerprint density at radius 2 is 2.19 bits per heavy atom. The van der Waals surface area contributed by atoms with Crippen molar-refractivity contribution in [2.24, 2.45) is 0 Å². The third kappa shape index (κ3) is 4.72. The van der Waals surface area contributed by atoms with Gasteiger partial charge in [-0.05, 0) is 38.8 Å². The Bertz CT molecular complexity index is 481. The molecule has 5 nitrogen and oxygen atoms in total. The summed E-state index contributed by atoms with van der Waals surface area (Å²) < 4.78 is 10.8. The number of carbonyl (C=O) groups is 1. The van der Waals surface area contributed by atoms with Gasteiger partial charge >= 0.3 is 0 Å². The highest BCUT2D eigenvalue weighted by Gasteiger charge is 2.17. The van der Waals surface area contributed by atoms with E-state index in [-0.39, 0.29) is 18.6 Å². The highest BCUT2D eigenvalue weighted by atomic mass is 16.5. The summed E-state index contributed by atoms with van der Waals surface area (Å²) in [5.74, 6) is 0.414. The lowest BCUT2D eigenvalue weighted by molar-refractivity contribution is -0.124. The molecule has 0 unspecified atom stereocenters. The molecule has 1 aliphatic rings. The van der Waals surface area contributed by atoms with Gasteiger partial charge in [0.15, 0.2) is 6.61 Å². The molecule has 1 aliphatic heterocycles. The SMILES string of the molecule is Cc1ccc(OCC(=O)NC2CCOCC2)c([C@H](C)O)c1. The first kappa shape index (κ1) is 15.8. The van der Waals surface area contributed by atoms with Crippen molar-refractivity contribution in [3.8, 4) is 5.75 Å². The van der Waals surface area contributed by atoms with Gasteiger partial charge in [-0.2, -0.15) is 0 Å². The average molecular weight is 293 g/mol. The Balaban J connectivity index is 1.88. The molecule has 0 aliphatic carbocycles. The van der Waals surface area contributed by atoms with Crippen LogP contribution in [0, 0.1) is 6.92 Å². The minimum absolute atomic E-state index is 0.0415. The van der Waals surface area contributed by atoms with Crippen LogP contribution in [0.25, 0.3) is 0 Å². The van der Waals surface area contributed by atoms with E-state index in [2.05, 4.69) is 5.32 Å². The molecule has 1 heterocycles. The van der Waals surface area contributed by atoms with Crippen LogP contribution in [0.5, 0.6) is 5.75 Å². The van der Waals surface area contributed by atoms with E-state index < -0.39 is 6.10 Å². The predicted octanol–water partition coefficient (Wildman–Crippen LogP) is 1.72. The van der Waals surface area contributed by atoms with E-state index in [1.807, 2.05) is 19.1 Å². The maximum Gasteiger partial charge on any atom is 0.258 e. The highest BCUT2D eigenvalue weighted by molar-refractivity contribution is 5.77. The number of rotatable bonds is 5. The first-order valence-electron chi connectivity index (χ1n) is 7.35. The lowest BCUT2D eigenvalue weighted by Crippen LogP contribution is -2.41. The Kier molecular flexibility index (Phi) is 5.59. The summed E-state index contributed by atoms with van der Waals surface area (Å²) in [4.78, 5) is 11.9. The normalized spacial score (nSPS) is 17.3. The molecule has 2 rings (SSSR count). The molecule has 1 saturated heterocycles. The van der Waals surface area contributed by atoms with Crippen LogP contribution in [-0.2, 0) is 9.53 Å². The Labute approximate surface area is 125 Å². The summed E-state index contributed by atoms with van der Waals surface area (Å²) in [7, 11) is 0.